The number of hydrogen-bond donors (Lipinski definition) is 2. The fourth-order valence-corrected chi connectivity index (χ4v) is 6.42. The molecule has 0 atom stereocenters. The summed E-state index contributed by atoms with van der Waals surface area (Å²) in [5, 5.41) is 5.64. The maximum absolute atomic E-state index is 13.5. The molecule has 1 amide bonds. The monoisotopic (exact) mass is 601 g/mol. The van der Waals surface area contributed by atoms with Gasteiger partial charge in [-0.1, -0.05) is 35.9 Å². The predicted octanol–water partition coefficient (Wildman–Crippen LogP) is 8.74. The van der Waals surface area contributed by atoms with E-state index in [1.807, 2.05) is 73.0 Å². The summed E-state index contributed by atoms with van der Waals surface area (Å²) in [4.78, 5) is 33.0. The van der Waals surface area contributed by atoms with Crippen molar-refractivity contribution in [2.24, 2.45) is 0 Å². The molecule has 0 bridgehead atoms. The van der Waals surface area contributed by atoms with Crippen molar-refractivity contribution in [2.45, 2.75) is 6.92 Å². The van der Waals surface area contributed by atoms with E-state index < -0.39 is 0 Å². The van der Waals surface area contributed by atoms with Crippen LogP contribution in [0.25, 0.3) is 38.7 Å². The Hall–Kier alpha value is -5.05. The number of amides is 1. The molecule has 6 rings (SSSR count). The molecule has 0 saturated carbocycles. The van der Waals surface area contributed by atoms with Gasteiger partial charge in [0.2, 0.25) is 0 Å². The van der Waals surface area contributed by atoms with Gasteiger partial charge in [-0.3, -0.25) is 9.59 Å². The molecule has 0 aliphatic carbocycles. The van der Waals surface area contributed by atoms with Crippen LogP contribution in [0.5, 0.6) is 5.75 Å². The molecule has 3 aromatic heterocycles. The number of pyridine rings is 1. The molecule has 6 nitrogen and oxygen atoms in total. The van der Waals surface area contributed by atoms with Crippen LogP contribution in [0.1, 0.15) is 30.5 Å². The van der Waals surface area contributed by atoms with Crippen molar-refractivity contribution in [3.8, 4) is 28.1 Å². The highest BCUT2D eigenvalue weighted by atomic mass is 32.1. The third-order valence-corrected chi connectivity index (χ3v) is 8.93. The van der Waals surface area contributed by atoms with Crippen LogP contribution in [0.4, 0.5) is 11.4 Å². The maximum Gasteiger partial charge on any atom is 0.267 e. The summed E-state index contributed by atoms with van der Waals surface area (Å²) < 4.78 is 5.32. The highest BCUT2D eigenvalue weighted by Gasteiger charge is 2.22. The van der Waals surface area contributed by atoms with Crippen LogP contribution >= 0.6 is 22.7 Å². The van der Waals surface area contributed by atoms with Crippen molar-refractivity contribution >= 4 is 62.0 Å². The fourth-order valence-electron chi connectivity index (χ4n) is 4.79. The van der Waals surface area contributed by atoms with E-state index in [0.29, 0.717) is 26.6 Å². The number of ketones is 1. The smallest absolute Gasteiger partial charge is 0.267 e. The first kappa shape index (κ1) is 28.1. The third kappa shape index (κ3) is 5.97. The van der Waals surface area contributed by atoms with Crippen molar-refractivity contribution < 1.29 is 14.3 Å². The number of rotatable bonds is 8. The zero-order chi connectivity index (χ0) is 29.9. The van der Waals surface area contributed by atoms with E-state index in [2.05, 4.69) is 11.4 Å². The van der Waals surface area contributed by atoms with Gasteiger partial charge < -0.3 is 15.8 Å². The molecule has 6 aromatic rings. The van der Waals surface area contributed by atoms with Crippen LogP contribution in [0.3, 0.4) is 0 Å². The molecule has 0 fully saturated rings. The van der Waals surface area contributed by atoms with Gasteiger partial charge in [-0.2, -0.15) is 0 Å². The molecule has 3 N–H and O–H groups in total. The Morgan fingerprint density at radius 2 is 1.72 bits per heavy atom. The summed E-state index contributed by atoms with van der Waals surface area (Å²) in [5.41, 5.74) is 12.9. The molecule has 0 saturated heterocycles. The quantitative estimate of drug-likeness (QED) is 0.134. The Balaban J connectivity index is 1.32. The number of nitrogens with zero attached hydrogens (tertiary/aromatic N) is 1. The van der Waals surface area contributed by atoms with E-state index in [0.717, 1.165) is 44.0 Å². The Labute approximate surface area is 257 Å². The van der Waals surface area contributed by atoms with E-state index in [9.17, 15) is 9.59 Å². The van der Waals surface area contributed by atoms with Crippen LogP contribution in [-0.4, -0.2) is 23.8 Å². The molecule has 8 heteroatoms. The summed E-state index contributed by atoms with van der Waals surface area (Å²) in [5.74, 6) is 0.316. The number of carbonyl (C=O) groups is 2. The first-order chi connectivity index (χ1) is 20.9. The second-order valence-corrected chi connectivity index (χ2v) is 11.9. The minimum Gasteiger partial charge on any atom is -0.497 e. The molecule has 0 aliphatic rings. The molecule has 212 valence electrons. The Kier molecular flexibility index (Phi) is 7.87. The second-order valence-electron chi connectivity index (χ2n) is 9.92. The van der Waals surface area contributed by atoms with Gasteiger partial charge in [-0.15, -0.1) is 22.7 Å². The molecule has 0 radical (unpaired) electrons. The number of nitrogens with two attached hydrogens (primary N) is 1. The number of aryl methyl sites for hydroxylation is 1. The average Bonchev–Trinajstić information content (AvgIpc) is 3.68. The van der Waals surface area contributed by atoms with Gasteiger partial charge in [0.1, 0.15) is 15.5 Å². The zero-order valence-electron chi connectivity index (χ0n) is 23.5. The lowest BCUT2D eigenvalue weighted by atomic mass is 9.98. The number of nitrogen functional groups attached to an aromatic ring is 1. The SMILES string of the molecule is COc1ccc(-c2cc(-c3cccc(C)c3)c3c(N)c(C(=O)Nc4ccc(C(=O)C=Cc5cccs5)cc4)sc3n2)cc1. The number of fused-ring (bicyclic) bond motifs is 1. The van der Waals surface area contributed by atoms with Gasteiger partial charge in [0, 0.05) is 27.1 Å². The van der Waals surface area contributed by atoms with Crippen molar-refractivity contribution in [3.63, 3.8) is 0 Å². The predicted molar refractivity (Wildman–Crippen MR) is 178 cm³/mol. The van der Waals surface area contributed by atoms with Gasteiger partial charge >= 0.3 is 0 Å². The fraction of sp³-hybridized carbons (Fsp3) is 0.0571. The summed E-state index contributed by atoms with van der Waals surface area (Å²) in [6.45, 7) is 2.04. The van der Waals surface area contributed by atoms with Gasteiger partial charge in [0.15, 0.2) is 5.78 Å². The Morgan fingerprint density at radius 1 is 0.930 bits per heavy atom. The number of thiophene rings is 2. The Morgan fingerprint density at radius 3 is 2.42 bits per heavy atom. The third-order valence-electron chi connectivity index (χ3n) is 6.99. The lowest BCUT2D eigenvalue weighted by Gasteiger charge is -2.10. The van der Waals surface area contributed by atoms with E-state index in [1.54, 1.807) is 54.9 Å². The molecular weight excluding hydrogens is 575 g/mol. The number of anilines is 2. The van der Waals surface area contributed by atoms with Gasteiger partial charge in [-0.05, 0) is 96.2 Å². The van der Waals surface area contributed by atoms with Crippen LogP contribution in [0, 0.1) is 6.92 Å². The van der Waals surface area contributed by atoms with E-state index in [-0.39, 0.29) is 11.7 Å². The van der Waals surface area contributed by atoms with Gasteiger partial charge in [-0.25, -0.2) is 4.98 Å². The van der Waals surface area contributed by atoms with E-state index in [1.165, 1.54) is 11.3 Å². The zero-order valence-corrected chi connectivity index (χ0v) is 25.1. The molecule has 3 heterocycles. The number of ether oxygens (including phenoxy) is 1. The van der Waals surface area contributed by atoms with Gasteiger partial charge in [0.05, 0.1) is 18.5 Å². The van der Waals surface area contributed by atoms with Crippen molar-refractivity contribution in [3.05, 3.63) is 123 Å². The number of aromatic nitrogens is 1. The number of benzene rings is 3. The Bertz CT molecular complexity index is 1970. The van der Waals surface area contributed by atoms with Crippen LogP contribution < -0.4 is 15.8 Å². The van der Waals surface area contributed by atoms with Crippen LogP contribution in [-0.2, 0) is 0 Å². The van der Waals surface area contributed by atoms with Crippen molar-refractivity contribution in [2.75, 3.05) is 18.2 Å². The summed E-state index contributed by atoms with van der Waals surface area (Å²) in [6.07, 6.45) is 3.35. The summed E-state index contributed by atoms with van der Waals surface area (Å²) in [6, 6.07) is 28.6. The highest BCUT2D eigenvalue weighted by Crippen LogP contribution is 2.42. The van der Waals surface area contributed by atoms with Crippen LogP contribution in [0.15, 0.2) is 102 Å². The first-order valence-electron chi connectivity index (χ1n) is 13.5. The van der Waals surface area contributed by atoms with E-state index in [4.69, 9.17) is 15.5 Å². The molecule has 3 aromatic carbocycles. The minimum absolute atomic E-state index is 0.109. The molecular formula is C35H27N3O3S2. The van der Waals surface area contributed by atoms with Crippen molar-refractivity contribution in [1.29, 1.82) is 0 Å². The highest BCUT2D eigenvalue weighted by molar-refractivity contribution is 7.21. The number of nitrogens with one attached hydrogen (secondary N) is 1. The lowest BCUT2D eigenvalue weighted by molar-refractivity contribution is 0.102. The van der Waals surface area contributed by atoms with Gasteiger partial charge in [0.25, 0.3) is 5.91 Å². The summed E-state index contributed by atoms with van der Waals surface area (Å²) in [7, 11) is 1.63. The topological polar surface area (TPSA) is 94.3 Å². The number of allylic oxidation sites excluding steroid dienone is 1. The minimum atomic E-state index is -0.335. The van der Waals surface area contributed by atoms with Crippen molar-refractivity contribution in [1.82, 2.24) is 4.98 Å². The first-order valence-corrected chi connectivity index (χ1v) is 15.2. The number of carbonyl (C=O) groups excluding carboxylic acids is 2. The van der Waals surface area contributed by atoms with Crippen LogP contribution in [0.2, 0.25) is 0 Å². The molecule has 0 aliphatic heterocycles. The molecule has 0 unspecified atom stereocenters. The number of hydrogen-bond acceptors (Lipinski definition) is 7. The molecule has 0 spiro atoms. The normalized spacial score (nSPS) is 11.2. The largest absolute Gasteiger partial charge is 0.497 e. The maximum atomic E-state index is 13.5. The standard InChI is InChI=1S/C35H27N3O3S2/c1-21-5-3-6-24(19-21)28-20-29(22-10-14-26(41-2)15-11-22)38-35-31(28)32(36)33(43-35)34(40)37-25-12-8-23(9-13-25)30(39)17-16-27-7-4-18-42-27/h3-20H,36H2,1-2H3,(H,37,40). The molecule has 43 heavy (non-hydrogen) atoms. The lowest BCUT2D eigenvalue weighted by Crippen LogP contribution is -2.12. The summed E-state index contributed by atoms with van der Waals surface area (Å²) >= 11 is 2.82. The average molecular weight is 602 g/mol. The second kappa shape index (κ2) is 12.1. The number of methoxy groups -OCH3 is 1. The van der Waals surface area contributed by atoms with E-state index >= 15 is 0 Å².